The van der Waals surface area contributed by atoms with E-state index in [0.717, 1.165) is 6.42 Å². The molecule has 1 unspecified atom stereocenters. The van der Waals surface area contributed by atoms with Gasteiger partial charge in [-0.15, -0.1) is 0 Å². The van der Waals surface area contributed by atoms with E-state index in [1.807, 2.05) is 20.8 Å². The van der Waals surface area contributed by atoms with E-state index >= 15 is 0 Å². The van der Waals surface area contributed by atoms with Gasteiger partial charge in [0.25, 0.3) is 0 Å². The lowest BCUT2D eigenvalue weighted by Crippen LogP contribution is -2.47. The Morgan fingerprint density at radius 2 is 2.24 bits per heavy atom. The van der Waals surface area contributed by atoms with Crippen LogP contribution in [0.1, 0.15) is 33.6 Å². The molecule has 0 aromatic rings. The van der Waals surface area contributed by atoms with Crippen molar-refractivity contribution in [1.82, 2.24) is 10.2 Å². The minimum atomic E-state index is -0.403. The molecule has 6 nitrogen and oxygen atoms in total. The molecule has 3 N–H and O–H groups in total. The quantitative estimate of drug-likeness (QED) is 0.732. The van der Waals surface area contributed by atoms with Gasteiger partial charge in [0.2, 0.25) is 5.91 Å². The van der Waals surface area contributed by atoms with Crippen molar-refractivity contribution in [2.75, 3.05) is 6.54 Å². The van der Waals surface area contributed by atoms with E-state index in [4.69, 9.17) is 5.73 Å². The zero-order valence-electron chi connectivity index (χ0n) is 10.6. The summed E-state index contributed by atoms with van der Waals surface area (Å²) in [6.45, 7) is 6.37. The molecule has 0 aromatic carbocycles. The molecule has 0 saturated heterocycles. The molecule has 0 spiro atoms. The second kappa shape index (κ2) is 5.65. The number of nitrogens with two attached hydrogens (primary N) is 1. The first-order valence-corrected chi connectivity index (χ1v) is 5.90. The number of hydrogen-bond acceptors (Lipinski definition) is 3. The Balaban J connectivity index is 2.64. The Kier molecular flexibility index (Phi) is 4.48. The fraction of sp³-hybridized carbons (Fsp3) is 0.727. The van der Waals surface area contributed by atoms with Crippen molar-refractivity contribution in [2.24, 2.45) is 10.7 Å². The largest absolute Gasteiger partial charge is 0.385 e. The molecule has 17 heavy (non-hydrogen) atoms. The van der Waals surface area contributed by atoms with Gasteiger partial charge < -0.3 is 16.0 Å². The Morgan fingerprint density at radius 1 is 1.59 bits per heavy atom. The van der Waals surface area contributed by atoms with Crippen LogP contribution in [-0.4, -0.2) is 41.3 Å². The first kappa shape index (κ1) is 13.5. The summed E-state index contributed by atoms with van der Waals surface area (Å²) in [7, 11) is 0. The highest BCUT2D eigenvalue weighted by molar-refractivity contribution is 6.04. The fourth-order valence-corrected chi connectivity index (χ4v) is 1.81. The van der Waals surface area contributed by atoms with Crippen LogP contribution in [0.2, 0.25) is 0 Å². The average molecular weight is 240 g/mol. The second-order valence-corrected chi connectivity index (χ2v) is 4.39. The molecule has 96 valence electrons. The van der Waals surface area contributed by atoms with Crippen LogP contribution in [0, 0.1) is 0 Å². The number of urea groups is 1. The van der Waals surface area contributed by atoms with Gasteiger partial charge in [0.05, 0.1) is 6.42 Å². The lowest BCUT2D eigenvalue weighted by atomic mass is 10.1. The number of hydrogen-bond donors (Lipinski definition) is 2. The molecule has 0 fully saturated rings. The predicted molar refractivity (Wildman–Crippen MR) is 65.7 cm³/mol. The van der Waals surface area contributed by atoms with Crippen molar-refractivity contribution >= 4 is 17.8 Å². The van der Waals surface area contributed by atoms with E-state index in [2.05, 4.69) is 10.3 Å². The number of amides is 3. The van der Waals surface area contributed by atoms with Crippen LogP contribution in [0.5, 0.6) is 0 Å². The van der Waals surface area contributed by atoms with Crippen LogP contribution in [-0.2, 0) is 4.79 Å². The van der Waals surface area contributed by atoms with Crippen LogP contribution < -0.4 is 11.1 Å². The van der Waals surface area contributed by atoms with Crippen molar-refractivity contribution in [3.8, 4) is 0 Å². The van der Waals surface area contributed by atoms with Crippen molar-refractivity contribution in [1.29, 1.82) is 0 Å². The van der Waals surface area contributed by atoms with Crippen LogP contribution in [0.25, 0.3) is 0 Å². The summed E-state index contributed by atoms with van der Waals surface area (Å²) >= 11 is 0. The molecule has 1 heterocycles. The zero-order valence-corrected chi connectivity index (χ0v) is 10.6. The minimum absolute atomic E-state index is 0.0173. The molecule has 1 aliphatic heterocycles. The summed E-state index contributed by atoms with van der Waals surface area (Å²) in [6, 6.07) is -0.776. The number of nitrogens with one attached hydrogen (secondary N) is 1. The maximum atomic E-state index is 11.6. The van der Waals surface area contributed by atoms with Gasteiger partial charge in [-0.2, -0.15) is 4.99 Å². The van der Waals surface area contributed by atoms with E-state index in [1.54, 1.807) is 4.90 Å². The molecular weight excluding hydrogens is 220 g/mol. The molecule has 3 amide bonds. The third-order valence-corrected chi connectivity index (χ3v) is 2.63. The van der Waals surface area contributed by atoms with Crippen molar-refractivity contribution in [2.45, 2.75) is 45.7 Å². The fourth-order valence-electron chi connectivity index (χ4n) is 1.81. The summed E-state index contributed by atoms with van der Waals surface area (Å²) < 4.78 is 0. The van der Waals surface area contributed by atoms with Gasteiger partial charge in [-0.25, -0.2) is 4.79 Å². The highest BCUT2D eigenvalue weighted by Gasteiger charge is 2.36. The lowest BCUT2D eigenvalue weighted by molar-refractivity contribution is -0.121. The van der Waals surface area contributed by atoms with Gasteiger partial charge >= 0.3 is 6.03 Å². The molecule has 1 atom stereocenters. The molecule has 1 aliphatic rings. The number of nitrogens with zero attached hydrogens (tertiary/aromatic N) is 2. The molecule has 6 heteroatoms. The monoisotopic (exact) mass is 240 g/mol. The Labute approximate surface area is 101 Å². The first-order chi connectivity index (χ1) is 7.97. The third-order valence-electron chi connectivity index (χ3n) is 2.63. The van der Waals surface area contributed by atoms with E-state index in [1.165, 1.54) is 0 Å². The SMILES string of the molecule is CCCNC(=O)CC1C(N)=NC(=O)N1C(C)C. The highest BCUT2D eigenvalue weighted by Crippen LogP contribution is 2.17. The summed E-state index contributed by atoms with van der Waals surface area (Å²) in [5, 5.41) is 2.77. The van der Waals surface area contributed by atoms with Gasteiger partial charge in [-0.05, 0) is 20.3 Å². The third kappa shape index (κ3) is 3.18. The standard InChI is InChI=1S/C11H20N4O2/c1-4-5-13-9(16)6-8-10(12)14-11(17)15(8)7(2)3/h7-8H,4-6H2,1-3H3,(H,13,16)(H2,12,14,17). The summed E-state index contributed by atoms with van der Waals surface area (Å²) in [5.74, 6) is 0.130. The summed E-state index contributed by atoms with van der Waals surface area (Å²) in [5.41, 5.74) is 5.68. The lowest BCUT2D eigenvalue weighted by Gasteiger charge is -2.27. The molecular formula is C11H20N4O2. The van der Waals surface area contributed by atoms with Gasteiger partial charge in [0.15, 0.2) is 0 Å². The molecule has 1 rings (SSSR count). The van der Waals surface area contributed by atoms with Crippen molar-refractivity contribution < 1.29 is 9.59 Å². The smallest absolute Gasteiger partial charge is 0.346 e. The topological polar surface area (TPSA) is 87.8 Å². The molecule has 0 radical (unpaired) electrons. The number of aliphatic imine (C=N–C) groups is 1. The number of carbonyl (C=O) groups is 2. The zero-order chi connectivity index (χ0) is 13.0. The number of amidine groups is 1. The van der Waals surface area contributed by atoms with Crippen LogP contribution in [0.15, 0.2) is 4.99 Å². The van der Waals surface area contributed by atoms with Gasteiger partial charge in [0.1, 0.15) is 11.9 Å². The van der Waals surface area contributed by atoms with E-state index < -0.39 is 6.04 Å². The molecule has 0 bridgehead atoms. The number of rotatable bonds is 5. The molecule has 0 aromatic heterocycles. The van der Waals surface area contributed by atoms with Gasteiger partial charge in [0, 0.05) is 12.6 Å². The molecule has 0 aliphatic carbocycles. The van der Waals surface area contributed by atoms with E-state index in [0.29, 0.717) is 6.54 Å². The summed E-state index contributed by atoms with van der Waals surface area (Å²) in [4.78, 5) is 28.4. The van der Waals surface area contributed by atoms with Crippen LogP contribution in [0.4, 0.5) is 4.79 Å². The Hall–Kier alpha value is -1.59. The average Bonchev–Trinajstić information content (AvgIpc) is 2.51. The Bertz CT molecular complexity index is 338. The maximum Gasteiger partial charge on any atom is 0.346 e. The highest BCUT2D eigenvalue weighted by atomic mass is 16.2. The minimum Gasteiger partial charge on any atom is -0.385 e. The summed E-state index contributed by atoms with van der Waals surface area (Å²) in [6.07, 6.45) is 1.06. The van der Waals surface area contributed by atoms with E-state index in [-0.39, 0.29) is 30.2 Å². The number of carbonyl (C=O) groups excluding carboxylic acids is 2. The van der Waals surface area contributed by atoms with E-state index in [9.17, 15) is 9.59 Å². The first-order valence-electron chi connectivity index (χ1n) is 5.90. The van der Waals surface area contributed by atoms with Gasteiger partial charge in [-0.1, -0.05) is 6.92 Å². The Morgan fingerprint density at radius 3 is 2.76 bits per heavy atom. The molecule has 0 saturated carbocycles. The second-order valence-electron chi connectivity index (χ2n) is 4.39. The van der Waals surface area contributed by atoms with Crippen LogP contribution in [0.3, 0.4) is 0 Å². The maximum absolute atomic E-state index is 11.6. The predicted octanol–water partition coefficient (Wildman–Crippen LogP) is 0.473. The van der Waals surface area contributed by atoms with Crippen LogP contribution >= 0.6 is 0 Å². The van der Waals surface area contributed by atoms with Crippen molar-refractivity contribution in [3.63, 3.8) is 0 Å². The van der Waals surface area contributed by atoms with Gasteiger partial charge in [-0.3, -0.25) is 4.79 Å². The normalized spacial score (nSPS) is 19.8. The van der Waals surface area contributed by atoms with Crippen molar-refractivity contribution in [3.05, 3.63) is 0 Å².